The van der Waals surface area contributed by atoms with Gasteiger partial charge in [-0.25, -0.2) is 0 Å². The molecule has 1 aromatic carbocycles. The van der Waals surface area contributed by atoms with Crippen LogP contribution in [0.25, 0.3) is 10.9 Å². The molecule has 2 rings (SSSR count). The van der Waals surface area contributed by atoms with Gasteiger partial charge < -0.3 is 10.3 Å². The molecule has 0 saturated carbocycles. The molecule has 0 radical (unpaired) electrons. The number of para-hydroxylation sites is 1. The van der Waals surface area contributed by atoms with Gasteiger partial charge in [-0.05, 0) is 50.2 Å². The second-order valence-electron chi connectivity index (χ2n) is 4.35. The number of benzene rings is 1. The van der Waals surface area contributed by atoms with Crippen molar-refractivity contribution in [2.45, 2.75) is 19.8 Å². The van der Waals surface area contributed by atoms with Crippen molar-refractivity contribution in [2.24, 2.45) is 0 Å². The SMILES string of the molecule is Cc1[nH]c2ccccc2c1CCNCCCS. The van der Waals surface area contributed by atoms with E-state index in [0.717, 1.165) is 31.7 Å². The van der Waals surface area contributed by atoms with Crippen molar-refractivity contribution in [3.8, 4) is 0 Å². The van der Waals surface area contributed by atoms with Crippen LogP contribution in [0.3, 0.4) is 0 Å². The van der Waals surface area contributed by atoms with E-state index in [2.05, 4.69) is 54.1 Å². The summed E-state index contributed by atoms with van der Waals surface area (Å²) in [6.07, 6.45) is 2.22. The van der Waals surface area contributed by atoms with Gasteiger partial charge in [-0.2, -0.15) is 12.6 Å². The molecule has 2 aromatic rings. The largest absolute Gasteiger partial charge is 0.358 e. The molecule has 92 valence electrons. The zero-order valence-corrected chi connectivity index (χ0v) is 11.2. The molecule has 0 spiro atoms. The van der Waals surface area contributed by atoms with E-state index in [1.54, 1.807) is 0 Å². The Labute approximate surface area is 108 Å². The number of rotatable bonds is 6. The van der Waals surface area contributed by atoms with Crippen LogP contribution in [0.2, 0.25) is 0 Å². The Hall–Kier alpha value is -0.930. The Kier molecular flexibility index (Phi) is 4.51. The summed E-state index contributed by atoms with van der Waals surface area (Å²) < 4.78 is 0. The van der Waals surface area contributed by atoms with E-state index in [0.29, 0.717) is 0 Å². The van der Waals surface area contributed by atoms with Gasteiger partial charge >= 0.3 is 0 Å². The second-order valence-corrected chi connectivity index (χ2v) is 4.80. The van der Waals surface area contributed by atoms with Crippen LogP contribution in [0.1, 0.15) is 17.7 Å². The number of fused-ring (bicyclic) bond motifs is 1. The molecule has 0 amide bonds. The monoisotopic (exact) mass is 248 g/mol. The van der Waals surface area contributed by atoms with E-state index in [1.165, 1.54) is 22.2 Å². The molecule has 3 heteroatoms. The zero-order valence-electron chi connectivity index (χ0n) is 10.3. The molecule has 0 bridgehead atoms. The van der Waals surface area contributed by atoms with E-state index in [-0.39, 0.29) is 0 Å². The Bertz CT molecular complexity index is 476. The van der Waals surface area contributed by atoms with Crippen LogP contribution in [0, 0.1) is 6.92 Å². The van der Waals surface area contributed by atoms with E-state index in [4.69, 9.17) is 0 Å². The summed E-state index contributed by atoms with van der Waals surface area (Å²) in [7, 11) is 0. The highest BCUT2D eigenvalue weighted by atomic mass is 32.1. The molecule has 0 aliphatic carbocycles. The van der Waals surface area contributed by atoms with Crippen LogP contribution in [0.5, 0.6) is 0 Å². The number of hydrogen-bond acceptors (Lipinski definition) is 2. The first-order valence-electron chi connectivity index (χ1n) is 6.20. The van der Waals surface area contributed by atoms with E-state index < -0.39 is 0 Å². The highest BCUT2D eigenvalue weighted by Crippen LogP contribution is 2.21. The van der Waals surface area contributed by atoms with Gasteiger partial charge in [0.1, 0.15) is 0 Å². The number of aryl methyl sites for hydroxylation is 1. The third-order valence-electron chi connectivity index (χ3n) is 3.09. The number of hydrogen-bond donors (Lipinski definition) is 3. The topological polar surface area (TPSA) is 27.8 Å². The lowest BCUT2D eigenvalue weighted by Crippen LogP contribution is -2.18. The van der Waals surface area contributed by atoms with Crippen LogP contribution < -0.4 is 5.32 Å². The lowest BCUT2D eigenvalue weighted by molar-refractivity contribution is 0.675. The van der Waals surface area contributed by atoms with Crippen molar-refractivity contribution in [3.63, 3.8) is 0 Å². The van der Waals surface area contributed by atoms with Crippen molar-refractivity contribution < 1.29 is 0 Å². The summed E-state index contributed by atoms with van der Waals surface area (Å²) in [5.41, 5.74) is 3.98. The molecule has 0 aliphatic rings. The molecule has 0 aliphatic heterocycles. The lowest BCUT2D eigenvalue weighted by Gasteiger charge is -2.04. The number of aromatic nitrogens is 1. The Morgan fingerprint density at radius 1 is 1.24 bits per heavy atom. The average molecular weight is 248 g/mol. The lowest BCUT2D eigenvalue weighted by atomic mass is 10.1. The van der Waals surface area contributed by atoms with E-state index in [1.807, 2.05) is 0 Å². The summed E-state index contributed by atoms with van der Waals surface area (Å²) in [5, 5.41) is 4.82. The van der Waals surface area contributed by atoms with Crippen LogP contribution in [-0.4, -0.2) is 23.8 Å². The van der Waals surface area contributed by atoms with Gasteiger partial charge in [0.15, 0.2) is 0 Å². The van der Waals surface area contributed by atoms with Crippen LogP contribution >= 0.6 is 12.6 Å². The minimum Gasteiger partial charge on any atom is -0.358 e. The molecule has 0 unspecified atom stereocenters. The number of H-pyrrole nitrogens is 1. The van der Waals surface area contributed by atoms with Gasteiger partial charge in [0.25, 0.3) is 0 Å². The minimum atomic E-state index is 0.957. The predicted octanol–water partition coefficient (Wildman–Crippen LogP) is 2.93. The van der Waals surface area contributed by atoms with Crippen molar-refractivity contribution in [1.29, 1.82) is 0 Å². The number of thiol groups is 1. The summed E-state index contributed by atoms with van der Waals surface area (Å²) in [6.45, 7) is 4.25. The van der Waals surface area contributed by atoms with Crippen LogP contribution in [-0.2, 0) is 6.42 Å². The van der Waals surface area contributed by atoms with Crippen LogP contribution in [0.15, 0.2) is 24.3 Å². The molecule has 17 heavy (non-hydrogen) atoms. The molecule has 0 fully saturated rings. The summed E-state index contributed by atoms with van der Waals surface area (Å²) >= 11 is 4.20. The van der Waals surface area contributed by atoms with Crippen molar-refractivity contribution in [3.05, 3.63) is 35.5 Å². The first-order chi connectivity index (χ1) is 8.33. The fourth-order valence-electron chi connectivity index (χ4n) is 2.20. The first-order valence-corrected chi connectivity index (χ1v) is 6.84. The maximum atomic E-state index is 4.20. The fraction of sp³-hybridized carbons (Fsp3) is 0.429. The van der Waals surface area contributed by atoms with Crippen molar-refractivity contribution >= 4 is 23.5 Å². The molecule has 0 saturated heterocycles. The zero-order chi connectivity index (χ0) is 12.1. The quantitative estimate of drug-likeness (QED) is 0.532. The minimum absolute atomic E-state index is 0.957. The third-order valence-corrected chi connectivity index (χ3v) is 3.41. The molecule has 2 nitrogen and oxygen atoms in total. The van der Waals surface area contributed by atoms with Crippen LogP contribution in [0.4, 0.5) is 0 Å². The predicted molar refractivity (Wildman–Crippen MR) is 78.1 cm³/mol. The highest BCUT2D eigenvalue weighted by Gasteiger charge is 2.06. The van der Waals surface area contributed by atoms with E-state index >= 15 is 0 Å². The normalized spacial score (nSPS) is 11.2. The standard InChI is InChI=1S/C14H20N2S/c1-11-12(7-9-15-8-4-10-17)13-5-2-3-6-14(13)16-11/h2-3,5-6,15-17H,4,7-10H2,1H3. The van der Waals surface area contributed by atoms with Crippen molar-refractivity contribution in [2.75, 3.05) is 18.8 Å². The summed E-state index contributed by atoms with van der Waals surface area (Å²) in [6, 6.07) is 8.52. The molecule has 1 aromatic heterocycles. The van der Waals surface area contributed by atoms with Gasteiger partial charge in [0, 0.05) is 16.6 Å². The second kappa shape index (κ2) is 6.12. The summed E-state index contributed by atoms with van der Waals surface area (Å²) in [5.74, 6) is 0.957. The first kappa shape index (κ1) is 12.5. The maximum Gasteiger partial charge on any atom is 0.0458 e. The van der Waals surface area contributed by atoms with Gasteiger partial charge in [-0.1, -0.05) is 18.2 Å². The number of nitrogens with one attached hydrogen (secondary N) is 2. The smallest absolute Gasteiger partial charge is 0.0458 e. The van der Waals surface area contributed by atoms with Gasteiger partial charge in [0.2, 0.25) is 0 Å². The van der Waals surface area contributed by atoms with Crippen molar-refractivity contribution in [1.82, 2.24) is 10.3 Å². The maximum absolute atomic E-state index is 4.20. The van der Waals surface area contributed by atoms with Gasteiger partial charge in [-0.3, -0.25) is 0 Å². The fourth-order valence-corrected chi connectivity index (χ4v) is 2.36. The van der Waals surface area contributed by atoms with Gasteiger partial charge in [-0.15, -0.1) is 0 Å². The summed E-state index contributed by atoms with van der Waals surface area (Å²) in [4.78, 5) is 3.44. The average Bonchev–Trinajstić information content (AvgIpc) is 2.65. The molecule has 1 heterocycles. The third kappa shape index (κ3) is 3.05. The highest BCUT2D eigenvalue weighted by molar-refractivity contribution is 7.80. The van der Waals surface area contributed by atoms with Gasteiger partial charge in [0.05, 0.1) is 0 Å². The Morgan fingerprint density at radius 2 is 2.06 bits per heavy atom. The molecular weight excluding hydrogens is 228 g/mol. The van der Waals surface area contributed by atoms with E-state index in [9.17, 15) is 0 Å². The molecular formula is C14H20N2S. The number of aromatic amines is 1. The Morgan fingerprint density at radius 3 is 2.88 bits per heavy atom. The molecule has 2 N–H and O–H groups in total. The molecule has 0 atom stereocenters. The Balaban J connectivity index is 2.00.